The van der Waals surface area contributed by atoms with Crippen LogP contribution in [0.3, 0.4) is 0 Å². The van der Waals surface area contributed by atoms with Crippen LogP contribution in [0.4, 0.5) is 0 Å². The van der Waals surface area contributed by atoms with Gasteiger partial charge in [-0.1, -0.05) is 88.4 Å². The first-order valence-electron chi connectivity index (χ1n) is 9.42. The predicted molar refractivity (Wildman–Crippen MR) is 105 cm³/mol. The van der Waals surface area contributed by atoms with Gasteiger partial charge in [-0.2, -0.15) is 0 Å². The monoisotopic (exact) mass is 323 g/mol. The quantitative estimate of drug-likeness (QED) is 0.533. The number of hydrogen-bond acceptors (Lipinski definition) is 1. The van der Waals surface area contributed by atoms with Crippen molar-refractivity contribution in [3.05, 3.63) is 71.8 Å². The van der Waals surface area contributed by atoms with Crippen molar-refractivity contribution in [1.82, 2.24) is 4.90 Å². The minimum atomic E-state index is 0.352. The van der Waals surface area contributed by atoms with Crippen molar-refractivity contribution in [2.24, 2.45) is 11.8 Å². The highest BCUT2D eigenvalue weighted by Crippen LogP contribution is 2.29. The van der Waals surface area contributed by atoms with Gasteiger partial charge in [-0.15, -0.1) is 0 Å². The Bertz CT molecular complexity index is 508. The van der Waals surface area contributed by atoms with Crippen molar-refractivity contribution >= 4 is 0 Å². The van der Waals surface area contributed by atoms with E-state index in [0.29, 0.717) is 6.04 Å². The minimum absolute atomic E-state index is 0.352. The maximum absolute atomic E-state index is 2.69. The maximum atomic E-state index is 2.69. The van der Waals surface area contributed by atoms with E-state index in [0.717, 1.165) is 24.9 Å². The third-order valence-electron chi connectivity index (χ3n) is 4.58. The molecular formula is C23H33N. The van der Waals surface area contributed by atoms with E-state index >= 15 is 0 Å². The van der Waals surface area contributed by atoms with E-state index in [-0.39, 0.29) is 0 Å². The lowest BCUT2D eigenvalue weighted by Gasteiger charge is -2.33. The summed E-state index contributed by atoms with van der Waals surface area (Å²) in [5, 5.41) is 0. The summed E-state index contributed by atoms with van der Waals surface area (Å²) in [6.45, 7) is 11.6. The van der Waals surface area contributed by atoms with Crippen LogP contribution in [0.5, 0.6) is 0 Å². The zero-order chi connectivity index (χ0) is 17.4. The lowest BCUT2D eigenvalue weighted by Crippen LogP contribution is -2.33. The zero-order valence-corrected chi connectivity index (χ0v) is 15.8. The van der Waals surface area contributed by atoms with Crippen LogP contribution >= 0.6 is 0 Å². The van der Waals surface area contributed by atoms with Gasteiger partial charge >= 0.3 is 0 Å². The van der Waals surface area contributed by atoms with Gasteiger partial charge in [0.15, 0.2) is 0 Å². The molecule has 0 aliphatic carbocycles. The smallest absolute Gasteiger partial charge is 0.0601 e. The summed E-state index contributed by atoms with van der Waals surface area (Å²) in [6.07, 6.45) is 2.49. The van der Waals surface area contributed by atoms with Crippen molar-refractivity contribution in [2.45, 2.75) is 46.6 Å². The van der Waals surface area contributed by atoms with Gasteiger partial charge in [-0.3, -0.25) is 4.90 Å². The van der Waals surface area contributed by atoms with Gasteiger partial charge in [-0.05, 0) is 48.9 Å². The van der Waals surface area contributed by atoms with Crippen LogP contribution in [-0.2, 0) is 0 Å². The molecule has 0 radical (unpaired) electrons. The zero-order valence-electron chi connectivity index (χ0n) is 15.8. The number of rotatable bonds is 9. The molecule has 0 N–H and O–H groups in total. The Labute approximate surface area is 148 Å². The average Bonchev–Trinajstić information content (AvgIpc) is 2.58. The Morgan fingerprint density at radius 2 is 1.00 bits per heavy atom. The van der Waals surface area contributed by atoms with E-state index in [9.17, 15) is 0 Å². The Hall–Kier alpha value is -1.60. The van der Waals surface area contributed by atoms with Crippen LogP contribution in [0.25, 0.3) is 0 Å². The summed E-state index contributed by atoms with van der Waals surface area (Å²) in [5.41, 5.74) is 2.80. The first kappa shape index (κ1) is 18.7. The summed E-state index contributed by atoms with van der Waals surface area (Å²) in [5.74, 6) is 1.47. The molecule has 0 saturated carbocycles. The SMILES string of the molecule is CC(C)CCN(CCC(C)C)C(c1ccccc1)c1ccccc1. The predicted octanol–water partition coefficient (Wildman–Crippen LogP) is 6.17. The third-order valence-corrected chi connectivity index (χ3v) is 4.58. The second-order valence-electron chi connectivity index (χ2n) is 7.62. The highest BCUT2D eigenvalue weighted by molar-refractivity contribution is 5.31. The molecule has 0 aromatic heterocycles. The first-order chi connectivity index (χ1) is 11.6. The molecule has 1 nitrogen and oxygen atoms in total. The minimum Gasteiger partial charge on any atom is -0.292 e. The summed E-state index contributed by atoms with van der Waals surface area (Å²) in [6, 6.07) is 22.3. The van der Waals surface area contributed by atoms with Gasteiger partial charge in [-0.25, -0.2) is 0 Å². The summed E-state index contributed by atoms with van der Waals surface area (Å²) in [7, 11) is 0. The fourth-order valence-electron chi connectivity index (χ4n) is 3.10. The van der Waals surface area contributed by atoms with Crippen LogP contribution in [0.2, 0.25) is 0 Å². The highest BCUT2D eigenvalue weighted by atomic mass is 15.2. The van der Waals surface area contributed by atoms with Crippen molar-refractivity contribution in [3.8, 4) is 0 Å². The third kappa shape index (κ3) is 5.79. The molecule has 2 aromatic carbocycles. The molecule has 24 heavy (non-hydrogen) atoms. The lowest BCUT2D eigenvalue weighted by atomic mass is 9.95. The summed E-state index contributed by atoms with van der Waals surface area (Å²) in [4.78, 5) is 2.69. The molecule has 0 atom stereocenters. The van der Waals surface area contributed by atoms with Crippen LogP contribution in [-0.4, -0.2) is 18.0 Å². The molecule has 0 aliphatic rings. The standard InChI is InChI=1S/C23H33N/c1-19(2)15-17-24(18-16-20(3)4)23(21-11-7-5-8-12-21)22-13-9-6-10-14-22/h5-14,19-20,23H,15-18H2,1-4H3. The Morgan fingerprint density at radius 3 is 1.33 bits per heavy atom. The molecule has 0 bridgehead atoms. The molecule has 0 amide bonds. The van der Waals surface area contributed by atoms with E-state index in [1.807, 2.05) is 0 Å². The van der Waals surface area contributed by atoms with Crippen molar-refractivity contribution in [1.29, 1.82) is 0 Å². The van der Waals surface area contributed by atoms with Gasteiger partial charge in [0.05, 0.1) is 6.04 Å². The van der Waals surface area contributed by atoms with E-state index in [2.05, 4.69) is 93.3 Å². The Balaban J connectivity index is 2.32. The second kappa shape index (κ2) is 9.64. The van der Waals surface area contributed by atoms with E-state index in [1.165, 1.54) is 24.0 Å². The van der Waals surface area contributed by atoms with Crippen LogP contribution in [0.15, 0.2) is 60.7 Å². The number of nitrogens with zero attached hydrogens (tertiary/aromatic N) is 1. The van der Waals surface area contributed by atoms with Gasteiger partial charge < -0.3 is 0 Å². The largest absolute Gasteiger partial charge is 0.292 e. The van der Waals surface area contributed by atoms with Gasteiger partial charge in [0.1, 0.15) is 0 Å². The van der Waals surface area contributed by atoms with Gasteiger partial charge in [0.2, 0.25) is 0 Å². The summed E-state index contributed by atoms with van der Waals surface area (Å²) >= 11 is 0. The van der Waals surface area contributed by atoms with E-state index in [1.54, 1.807) is 0 Å². The van der Waals surface area contributed by atoms with Gasteiger partial charge in [0.25, 0.3) is 0 Å². The first-order valence-corrected chi connectivity index (χ1v) is 9.42. The van der Waals surface area contributed by atoms with E-state index in [4.69, 9.17) is 0 Å². The molecule has 0 fully saturated rings. The molecule has 2 aromatic rings. The molecule has 1 heteroatoms. The van der Waals surface area contributed by atoms with Crippen LogP contribution < -0.4 is 0 Å². The van der Waals surface area contributed by atoms with Gasteiger partial charge in [0, 0.05) is 0 Å². The molecule has 0 unspecified atom stereocenters. The van der Waals surface area contributed by atoms with Crippen LogP contribution in [0, 0.1) is 11.8 Å². The number of hydrogen-bond donors (Lipinski definition) is 0. The Kier molecular flexibility index (Phi) is 7.52. The topological polar surface area (TPSA) is 3.24 Å². The molecule has 0 aliphatic heterocycles. The average molecular weight is 324 g/mol. The molecule has 0 spiro atoms. The van der Waals surface area contributed by atoms with Crippen molar-refractivity contribution in [2.75, 3.05) is 13.1 Å². The number of benzene rings is 2. The molecular weight excluding hydrogens is 290 g/mol. The Morgan fingerprint density at radius 1 is 0.625 bits per heavy atom. The molecule has 130 valence electrons. The van der Waals surface area contributed by atoms with Crippen molar-refractivity contribution < 1.29 is 0 Å². The molecule has 2 rings (SSSR count). The second-order valence-corrected chi connectivity index (χ2v) is 7.62. The maximum Gasteiger partial charge on any atom is 0.0601 e. The molecule has 0 heterocycles. The molecule has 0 saturated heterocycles. The highest BCUT2D eigenvalue weighted by Gasteiger charge is 2.22. The van der Waals surface area contributed by atoms with E-state index < -0.39 is 0 Å². The van der Waals surface area contributed by atoms with Crippen LogP contribution in [0.1, 0.15) is 57.7 Å². The lowest BCUT2D eigenvalue weighted by molar-refractivity contribution is 0.201. The fraction of sp³-hybridized carbons (Fsp3) is 0.478. The normalized spacial score (nSPS) is 11.8. The fourth-order valence-corrected chi connectivity index (χ4v) is 3.10. The van der Waals surface area contributed by atoms with Crippen molar-refractivity contribution in [3.63, 3.8) is 0 Å². The summed E-state index contributed by atoms with van der Waals surface area (Å²) < 4.78 is 0.